The van der Waals surface area contributed by atoms with E-state index in [9.17, 15) is 14.7 Å². The number of carbonyl (C=O) groups is 2. The highest BCUT2D eigenvalue weighted by molar-refractivity contribution is 6.34. The molecule has 0 bridgehead atoms. The van der Waals surface area contributed by atoms with Crippen LogP contribution in [-0.4, -0.2) is 21.4 Å². The zero-order chi connectivity index (χ0) is 17.4. The van der Waals surface area contributed by atoms with Crippen molar-refractivity contribution in [3.05, 3.63) is 34.5 Å². The van der Waals surface area contributed by atoms with E-state index in [1.54, 1.807) is 12.1 Å². The maximum atomic E-state index is 11.9. The lowest BCUT2D eigenvalue weighted by Gasteiger charge is -2.16. The number of carboxylic acids is 1. The van der Waals surface area contributed by atoms with Crippen LogP contribution in [0.15, 0.2) is 18.3 Å². The first kappa shape index (κ1) is 17.0. The highest BCUT2D eigenvalue weighted by Crippen LogP contribution is 2.38. The molecule has 0 saturated heterocycles. The van der Waals surface area contributed by atoms with Crippen molar-refractivity contribution in [3.8, 4) is 0 Å². The van der Waals surface area contributed by atoms with E-state index >= 15 is 0 Å². The Morgan fingerprint density at radius 2 is 2.00 bits per heavy atom. The smallest absolute Gasteiger partial charge is 0.311 e. The van der Waals surface area contributed by atoms with Crippen molar-refractivity contribution in [2.24, 2.45) is 13.0 Å². The molecule has 128 valence electrons. The molecule has 2 aromatic rings. The fourth-order valence-electron chi connectivity index (χ4n) is 3.92. The van der Waals surface area contributed by atoms with Gasteiger partial charge in [0.1, 0.15) is 0 Å². The maximum Gasteiger partial charge on any atom is 0.311 e. The number of nitrogens with zero attached hydrogens (tertiary/aromatic N) is 1. The number of rotatable bonds is 5. The van der Waals surface area contributed by atoms with Crippen molar-refractivity contribution >= 4 is 34.3 Å². The molecular weight excluding hydrogens is 326 g/mol. The van der Waals surface area contributed by atoms with Crippen molar-refractivity contribution < 1.29 is 14.7 Å². The Morgan fingerprint density at radius 3 is 2.58 bits per heavy atom. The van der Waals surface area contributed by atoms with Gasteiger partial charge in [-0.1, -0.05) is 37.3 Å². The predicted octanol–water partition coefficient (Wildman–Crippen LogP) is 4.78. The molecule has 1 atom stereocenters. The van der Waals surface area contributed by atoms with Gasteiger partial charge >= 0.3 is 5.97 Å². The highest BCUT2D eigenvalue weighted by Gasteiger charge is 2.29. The molecule has 0 spiro atoms. The molecule has 24 heavy (non-hydrogen) atoms. The van der Waals surface area contributed by atoms with Crippen LogP contribution in [0.2, 0.25) is 5.02 Å². The molecule has 1 aliphatic rings. The molecule has 0 aliphatic heterocycles. The molecule has 1 aliphatic carbocycles. The van der Waals surface area contributed by atoms with Gasteiger partial charge in [-0.25, -0.2) is 0 Å². The molecule has 1 aromatic heterocycles. The summed E-state index contributed by atoms with van der Waals surface area (Å²) in [5.74, 6) is -0.934. The van der Waals surface area contributed by atoms with Crippen LogP contribution in [0.3, 0.4) is 0 Å². The zero-order valence-electron chi connectivity index (χ0n) is 14.0. The van der Waals surface area contributed by atoms with E-state index in [0.717, 1.165) is 29.3 Å². The molecule has 1 heterocycles. The van der Waals surface area contributed by atoms with Crippen molar-refractivity contribution in [2.75, 3.05) is 0 Å². The first-order valence-electron chi connectivity index (χ1n) is 8.40. The second-order valence-electron chi connectivity index (χ2n) is 6.88. The van der Waals surface area contributed by atoms with Crippen LogP contribution >= 0.6 is 11.6 Å². The monoisotopic (exact) mass is 347 g/mol. The number of ketones is 1. The topological polar surface area (TPSA) is 59.3 Å². The second kappa shape index (κ2) is 6.60. The lowest BCUT2D eigenvalue weighted by atomic mass is 9.87. The van der Waals surface area contributed by atoms with Gasteiger partial charge in [0, 0.05) is 29.7 Å². The Hall–Kier alpha value is -1.81. The van der Waals surface area contributed by atoms with E-state index in [0.29, 0.717) is 22.9 Å². The van der Waals surface area contributed by atoms with E-state index in [2.05, 4.69) is 0 Å². The van der Waals surface area contributed by atoms with Gasteiger partial charge in [-0.15, -0.1) is 0 Å². The van der Waals surface area contributed by atoms with Gasteiger partial charge < -0.3 is 9.67 Å². The van der Waals surface area contributed by atoms with Gasteiger partial charge in [0.15, 0.2) is 5.78 Å². The summed E-state index contributed by atoms with van der Waals surface area (Å²) < 4.78 is 1.89. The van der Waals surface area contributed by atoms with E-state index in [-0.39, 0.29) is 5.78 Å². The molecular formula is C19H22ClNO3. The number of fused-ring (bicyclic) bond motifs is 1. The summed E-state index contributed by atoms with van der Waals surface area (Å²) in [4.78, 5) is 23.6. The van der Waals surface area contributed by atoms with Crippen LogP contribution in [0, 0.1) is 5.92 Å². The molecule has 4 nitrogen and oxygen atoms in total. The molecule has 1 fully saturated rings. The normalized spacial score (nSPS) is 16.6. The Bertz CT molecular complexity index is 803. The summed E-state index contributed by atoms with van der Waals surface area (Å²) in [6.45, 7) is 1.48. The molecule has 3 rings (SSSR count). The summed E-state index contributed by atoms with van der Waals surface area (Å²) >= 11 is 6.26. The molecule has 1 N–H and O–H groups in total. The van der Waals surface area contributed by atoms with Gasteiger partial charge in [0.05, 0.1) is 10.9 Å². The minimum Gasteiger partial charge on any atom is -0.481 e. The number of Topliss-reactive ketones (excluding diaryl/α,β-unsaturated/α-hetero) is 1. The Kier molecular flexibility index (Phi) is 4.68. The van der Waals surface area contributed by atoms with Crippen molar-refractivity contribution in [3.63, 3.8) is 0 Å². The minimum atomic E-state index is -0.791. The van der Waals surface area contributed by atoms with Crippen LogP contribution in [-0.2, 0) is 11.8 Å². The number of carbonyl (C=O) groups excluding carboxylic acids is 1. The number of benzene rings is 1. The first-order valence-corrected chi connectivity index (χ1v) is 8.78. The minimum absolute atomic E-state index is 0.0922. The van der Waals surface area contributed by atoms with Crippen LogP contribution in [0.4, 0.5) is 0 Å². The number of aliphatic carboxylic acids is 1. The fraction of sp³-hybridized carbons (Fsp3) is 0.474. The van der Waals surface area contributed by atoms with Crippen molar-refractivity contribution in [1.82, 2.24) is 4.57 Å². The largest absolute Gasteiger partial charge is 0.481 e. The number of halogens is 1. The lowest BCUT2D eigenvalue weighted by molar-refractivity contribution is -0.139. The maximum absolute atomic E-state index is 11.9. The zero-order valence-corrected chi connectivity index (χ0v) is 14.8. The van der Waals surface area contributed by atoms with Crippen LogP contribution in [0.25, 0.3) is 10.9 Å². The summed E-state index contributed by atoms with van der Waals surface area (Å²) in [6.07, 6.45) is 7.16. The Balaban J connectivity index is 2.08. The van der Waals surface area contributed by atoms with E-state index < -0.39 is 11.9 Å². The van der Waals surface area contributed by atoms with Crippen LogP contribution < -0.4 is 0 Å². The SMILES string of the molecule is CC(=O)c1cc2c(cc1Cl)c(C(CC1CCCC1)C(=O)O)cn2C. The predicted molar refractivity (Wildman–Crippen MR) is 94.9 cm³/mol. The van der Waals surface area contributed by atoms with Gasteiger partial charge in [-0.05, 0) is 37.0 Å². The second-order valence-corrected chi connectivity index (χ2v) is 7.28. The van der Waals surface area contributed by atoms with Gasteiger partial charge in [0.2, 0.25) is 0 Å². The van der Waals surface area contributed by atoms with E-state index in [4.69, 9.17) is 11.6 Å². The molecule has 1 aromatic carbocycles. The van der Waals surface area contributed by atoms with E-state index in [1.807, 2.05) is 17.8 Å². The standard InChI is InChI=1S/C19H22ClNO3/c1-11(22)13-9-18-14(8-17(13)20)16(10-21(18)2)15(19(23)24)7-12-5-3-4-6-12/h8-10,12,15H,3-7H2,1-2H3,(H,23,24). The number of aryl methyl sites for hydroxylation is 1. The number of aromatic nitrogens is 1. The third-order valence-electron chi connectivity index (χ3n) is 5.21. The highest BCUT2D eigenvalue weighted by atomic mass is 35.5. The summed E-state index contributed by atoms with van der Waals surface area (Å²) in [6, 6.07) is 3.51. The number of carboxylic acid groups (broad SMARTS) is 1. The number of hydrogen-bond acceptors (Lipinski definition) is 2. The van der Waals surface area contributed by atoms with Crippen LogP contribution in [0.5, 0.6) is 0 Å². The molecule has 5 heteroatoms. The Labute approximate surface area is 146 Å². The van der Waals surface area contributed by atoms with Gasteiger partial charge in [-0.3, -0.25) is 9.59 Å². The summed E-state index contributed by atoms with van der Waals surface area (Å²) in [5.41, 5.74) is 2.11. The first-order chi connectivity index (χ1) is 11.4. The lowest BCUT2D eigenvalue weighted by Crippen LogP contribution is -2.15. The third kappa shape index (κ3) is 3.07. The molecule has 0 radical (unpaired) electrons. The average molecular weight is 348 g/mol. The van der Waals surface area contributed by atoms with Gasteiger partial charge in [-0.2, -0.15) is 0 Å². The average Bonchev–Trinajstić information content (AvgIpc) is 3.12. The van der Waals surface area contributed by atoms with Crippen molar-refractivity contribution in [1.29, 1.82) is 0 Å². The van der Waals surface area contributed by atoms with Gasteiger partial charge in [0.25, 0.3) is 0 Å². The van der Waals surface area contributed by atoms with E-state index in [1.165, 1.54) is 19.8 Å². The third-order valence-corrected chi connectivity index (χ3v) is 5.52. The molecule has 1 saturated carbocycles. The quantitative estimate of drug-likeness (QED) is 0.791. The fourth-order valence-corrected chi connectivity index (χ4v) is 4.22. The number of hydrogen-bond donors (Lipinski definition) is 1. The molecule has 1 unspecified atom stereocenters. The Morgan fingerprint density at radius 1 is 1.33 bits per heavy atom. The molecule has 0 amide bonds. The summed E-state index contributed by atoms with van der Waals surface area (Å²) in [7, 11) is 1.87. The van der Waals surface area contributed by atoms with Crippen LogP contribution in [0.1, 0.15) is 60.9 Å². The van der Waals surface area contributed by atoms with Crippen molar-refractivity contribution in [2.45, 2.75) is 44.9 Å². The summed E-state index contributed by atoms with van der Waals surface area (Å²) in [5, 5.41) is 11.0.